The Bertz CT molecular complexity index is 1370. The molecule has 2 aliphatic rings. The number of anilines is 1. The second-order valence-electron chi connectivity index (χ2n) is 10.5. The van der Waals surface area contributed by atoms with E-state index < -0.39 is 18.2 Å². The summed E-state index contributed by atoms with van der Waals surface area (Å²) in [6.07, 6.45) is 0.469. The molecule has 0 bridgehead atoms. The number of cyclic esters (lactones) is 1. The van der Waals surface area contributed by atoms with Crippen LogP contribution in [0.3, 0.4) is 0 Å². The van der Waals surface area contributed by atoms with E-state index in [0.29, 0.717) is 40.8 Å². The number of nitrogens with one attached hydrogen (secondary N) is 1. The molecule has 3 amide bonds. The lowest BCUT2D eigenvalue weighted by molar-refractivity contribution is -0.138. The van der Waals surface area contributed by atoms with E-state index in [0.717, 1.165) is 24.0 Å². The number of piperidine rings is 1. The molecule has 2 atom stereocenters. The van der Waals surface area contributed by atoms with Crippen molar-refractivity contribution >= 4 is 35.2 Å². The molecule has 0 aliphatic carbocycles. The van der Waals surface area contributed by atoms with Gasteiger partial charge >= 0.3 is 6.09 Å². The summed E-state index contributed by atoms with van der Waals surface area (Å²) in [6, 6.07) is 20.9. The summed E-state index contributed by atoms with van der Waals surface area (Å²) >= 11 is 6.19. The van der Waals surface area contributed by atoms with Crippen LogP contribution in [0.15, 0.2) is 72.8 Å². The number of carbonyl (C=O) groups excluding carboxylic acids is 3. The van der Waals surface area contributed by atoms with Crippen molar-refractivity contribution in [3.63, 3.8) is 0 Å². The molecular weight excluding hydrogens is 514 g/mol. The molecule has 2 unspecified atom stereocenters. The fourth-order valence-electron chi connectivity index (χ4n) is 5.14. The van der Waals surface area contributed by atoms with Gasteiger partial charge in [-0.2, -0.15) is 0 Å². The number of nitrogens with zero attached hydrogens (tertiary/aromatic N) is 2. The minimum Gasteiger partial charge on any atom is -0.438 e. The number of carbonyl (C=O) groups is 3. The van der Waals surface area contributed by atoms with Crippen LogP contribution in [0.4, 0.5) is 10.5 Å². The summed E-state index contributed by atoms with van der Waals surface area (Å²) < 4.78 is 5.86. The molecule has 8 heteroatoms. The largest absolute Gasteiger partial charge is 0.438 e. The number of ether oxygens (including phenoxy) is 1. The van der Waals surface area contributed by atoms with Crippen LogP contribution in [0.2, 0.25) is 5.02 Å². The molecule has 0 spiro atoms. The van der Waals surface area contributed by atoms with E-state index >= 15 is 0 Å². The number of benzene rings is 3. The Morgan fingerprint density at radius 3 is 2.44 bits per heavy atom. The summed E-state index contributed by atoms with van der Waals surface area (Å²) in [5, 5.41) is 3.48. The van der Waals surface area contributed by atoms with Gasteiger partial charge in [-0.1, -0.05) is 60.5 Å². The molecule has 2 saturated heterocycles. The average Bonchev–Trinajstić information content (AvgIpc) is 3.25. The van der Waals surface area contributed by atoms with Crippen LogP contribution in [-0.2, 0) is 16.1 Å². The van der Waals surface area contributed by atoms with Crippen LogP contribution in [-0.4, -0.2) is 46.8 Å². The molecule has 202 valence electrons. The monoisotopic (exact) mass is 545 g/mol. The lowest BCUT2D eigenvalue weighted by Crippen LogP contribution is -2.50. The van der Waals surface area contributed by atoms with Crippen LogP contribution in [0.1, 0.15) is 52.9 Å². The summed E-state index contributed by atoms with van der Waals surface area (Å²) in [5.74, 6) is 0.185. The van der Waals surface area contributed by atoms with Gasteiger partial charge in [0.25, 0.3) is 5.91 Å². The zero-order valence-corrected chi connectivity index (χ0v) is 22.9. The maximum absolute atomic E-state index is 13.9. The highest BCUT2D eigenvalue weighted by Gasteiger charge is 2.48. The lowest BCUT2D eigenvalue weighted by Gasteiger charge is -2.34. The van der Waals surface area contributed by atoms with Crippen molar-refractivity contribution < 1.29 is 19.1 Å². The maximum Gasteiger partial charge on any atom is 0.411 e. The van der Waals surface area contributed by atoms with Gasteiger partial charge in [-0.25, -0.2) is 4.79 Å². The average molecular weight is 546 g/mol. The molecular formula is C31H32ClN3O4. The SMILES string of the molecule is Cc1ccc(C(=O)Nc2cccc(C3OC(=O)N(Cc4cccc(Cl)c4)C3C(=O)N3CCC(C)CC3)c2)cc1. The Labute approximate surface area is 233 Å². The van der Waals surface area contributed by atoms with Gasteiger partial charge in [0.2, 0.25) is 5.91 Å². The number of aryl methyl sites for hydroxylation is 1. The smallest absolute Gasteiger partial charge is 0.411 e. The van der Waals surface area contributed by atoms with Crippen LogP contribution in [0.5, 0.6) is 0 Å². The van der Waals surface area contributed by atoms with E-state index in [1.54, 1.807) is 42.5 Å². The molecule has 39 heavy (non-hydrogen) atoms. The minimum absolute atomic E-state index is 0.131. The van der Waals surface area contributed by atoms with Crippen molar-refractivity contribution in [3.05, 3.63) is 100 Å². The Morgan fingerprint density at radius 1 is 1.00 bits per heavy atom. The second-order valence-corrected chi connectivity index (χ2v) is 10.9. The number of hydrogen-bond acceptors (Lipinski definition) is 4. The highest BCUT2D eigenvalue weighted by Crippen LogP contribution is 2.36. The summed E-state index contributed by atoms with van der Waals surface area (Å²) in [5.41, 5.74) is 3.61. The van der Waals surface area contributed by atoms with Crippen LogP contribution >= 0.6 is 11.6 Å². The van der Waals surface area contributed by atoms with Crippen molar-refractivity contribution in [1.29, 1.82) is 0 Å². The van der Waals surface area contributed by atoms with Crippen LogP contribution in [0.25, 0.3) is 0 Å². The first kappa shape index (κ1) is 26.8. The van der Waals surface area contributed by atoms with E-state index in [9.17, 15) is 14.4 Å². The van der Waals surface area contributed by atoms with Gasteiger partial charge in [0.1, 0.15) is 0 Å². The third-order valence-electron chi connectivity index (χ3n) is 7.46. The van der Waals surface area contributed by atoms with Crippen LogP contribution in [0, 0.1) is 12.8 Å². The van der Waals surface area contributed by atoms with Gasteiger partial charge in [-0.15, -0.1) is 0 Å². The van der Waals surface area contributed by atoms with Gasteiger partial charge in [0, 0.05) is 29.4 Å². The summed E-state index contributed by atoms with van der Waals surface area (Å²) in [7, 11) is 0. The molecule has 1 N–H and O–H groups in total. The fraction of sp³-hybridized carbons (Fsp3) is 0.323. The lowest BCUT2D eigenvalue weighted by atomic mass is 9.96. The van der Waals surface area contributed by atoms with Gasteiger partial charge in [-0.3, -0.25) is 14.5 Å². The molecule has 0 saturated carbocycles. The minimum atomic E-state index is -0.840. The first-order valence-corrected chi connectivity index (χ1v) is 13.6. The Kier molecular flexibility index (Phi) is 7.89. The van der Waals surface area contributed by atoms with Crippen molar-refractivity contribution in [2.24, 2.45) is 5.92 Å². The first-order chi connectivity index (χ1) is 18.8. The highest BCUT2D eigenvalue weighted by atomic mass is 35.5. The molecule has 2 heterocycles. The molecule has 7 nitrogen and oxygen atoms in total. The zero-order chi connectivity index (χ0) is 27.5. The predicted molar refractivity (Wildman–Crippen MR) is 151 cm³/mol. The van der Waals surface area contributed by atoms with Crippen molar-refractivity contribution in [1.82, 2.24) is 9.80 Å². The number of amides is 3. The summed E-state index contributed by atoms with van der Waals surface area (Å²) in [6.45, 7) is 5.64. The van der Waals surface area contributed by atoms with Gasteiger partial charge < -0.3 is 15.0 Å². The normalized spacial score (nSPS) is 19.6. The molecule has 3 aromatic carbocycles. The fourth-order valence-corrected chi connectivity index (χ4v) is 5.36. The molecule has 2 aliphatic heterocycles. The van der Waals surface area contributed by atoms with Crippen molar-refractivity contribution in [2.75, 3.05) is 18.4 Å². The predicted octanol–water partition coefficient (Wildman–Crippen LogP) is 6.22. The maximum atomic E-state index is 13.9. The standard InChI is InChI=1S/C31H32ClN3O4/c1-20-9-11-23(12-10-20)29(36)33-26-8-4-6-24(18-26)28-27(30(37)34-15-13-21(2)14-16-34)35(31(38)39-28)19-22-5-3-7-25(32)17-22/h3-12,17-18,21,27-28H,13-16,19H2,1-2H3,(H,33,36). The first-order valence-electron chi connectivity index (χ1n) is 13.3. The van der Waals surface area contributed by atoms with Crippen molar-refractivity contribution in [3.8, 4) is 0 Å². The Hall–Kier alpha value is -3.84. The summed E-state index contributed by atoms with van der Waals surface area (Å²) in [4.78, 5) is 43.3. The second kappa shape index (κ2) is 11.5. The molecule has 3 aromatic rings. The van der Waals surface area contributed by atoms with Crippen molar-refractivity contribution in [2.45, 2.75) is 45.4 Å². The zero-order valence-electron chi connectivity index (χ0n) is 22.1. The third kappa shape index (κ3) is 6.09. The van der Waals surface area contributed by atoms with E-state index in [1.165, 1.54) is 4.90 Å². The van der Waals surface area contributed by atoms with Gasteiger partial charge in [-0.05, 0) is 73.2 Å². The Balaban J connectivity index is 1.43. The van der Waals surface area contributed by atoms with Crippen LogP contribution < -0.4 is 5.32 Å². The van der Waals surface area contributed by atoms with E-state index in [4.69, 9.17) is 16.3 Å². The van der Waals surface area contributed by atoms with Gasteiger partial charge in [0.15, 0.2) is 12.1 Å². The third-order valence-corrected chi connectivity index (χ3v) is 7.70. The van der Waals surface area contributed by atoms with Gasteiger partial charge in [0.05, 0.1) is 6.54 Å². The molecule has 2 fully saturated rings. The van der Waals surface area contributed by atoms with E-state index in [2.05, 4.69) is 12.2 Å². The molecule has 0 aromatic heterocycles. The molecule has 0 radical (unpaired) electrons. The highest BCUT2D eigenvalue weighted by molar-refractivity contribution is 6.30. The molecule has 5 rings (SSSR count). The number of rotatable bonds is 6. The number of hydrogen-bond donors (Lipinski definition) is 1. The number of halogens is 1. The van der Waals surface area contributed by atoms with E-state index in [-0.39, 0.29) is 18.4 Å². The van der Waals surface area contributed by atoms with E-state index in [1.807, 2.05) is 42.2 Å². The number of likely N-dealkylation sites (tertiary alicyclic amines) is 1. The Morgan fingerprint density at radius 2 is 1.72 bits per heavy atom. The quantitative estimate of drug-likeness (QED) is 0.399. The topological polar surface area (TPSA) is 79.0 Å².